The molecular weight excluding hydrogens is 286 g/mol. The second-order valence-corrected chi connectivity index (χ2v) is 6.41. The average Bonchev–Trinajstić information content (AvgIpc) is 3.06. The molecule has 0 radical (unpaired) electrons. The van der Waals surface area contributed by atoms with E-state index in [4.69, 9.17) is 0 Å². The number of aryl methyl sites for hydroxylation is 1. The number of hydrogen-bond acceptors (Lipinski definition) is 4. The van der Waals surface area contributed by atoms with Crippen LogP contribution in [0.5, 0.6) is 0 Å². The average molecular weight is 303 g/mol. The zero-order valence-corrected chi connectivity index (χ0v) is 12.8. The van der Waals surface area contributed by atoms with Crippen LogP contribution in [0.2, 0.25) is 0 Å². The Bertz CT molecular complexity index is 671. The minimum Gasteiger partial charge on any atom is -0.304 e. The minimum atomic E-state index is -0.606. The van der Waals surface area contributed by atoms with Crippen molar-refractivity contribution in [1.29, 1.82) is 0 Å². The van der Waals surface area contributed by atoms with Crippen LogP contribution in [0, 0.1) is 12.8 Å². The molecule has 0 unspecified atom stereocenters. The van der Waals surface area contributed by atoms with E-state index < -0.39 is 11.7 Å². The predicted molar refractivity (Wildman–Crippen MR) is 81.7 cm³/mol. The Hall–Kier alpha value is -1.95. The number of anilines is 1. The van der Waals surface area contributed by atoms with Gasteiger partial charge in [0.25, 0.3) is 11.7 Å². The van der Waals surface area contributed by atoms with Crippen molar-refractivity contribution < 1.29 is 9.59 Å². The molecule has 1 fully saturated rings. The maximum absolute atomic E-state index is 12.1. The van der Waals surface area contributed by atoms with Crippen LogP contribution < -0.4 is 5.32 Å². The molecular formula is C15H17N3O2S. The summed E-state index contributed by atoms with van der Waals surface area (Å²) < 4.78 is 1.83. The molecule has 0 aliphatic heterocycles. The number of hydrogen-bond donors (Lipinski definition) is 1. The number of amides is 1. The Kier molecular flexibility index (Phi) is 3.63. The van der Waals surface area contributed by atoms with Crippen LogP contribution in [0.25, 0.3) is 0 Å². The molecule has 1 saturated carbocycles. The molecule has 5 nitrogen and oxygen atoms in total. The minimum absolute atomic E-state index is 0.242. The molecule has 110 valence electrons. The molecule has 21 heavy (non-hydrogen) atoms. The maximum atomic E-state index is 12.1. The van der Waals surface area contributed by atoms with Gasteiger partial charge in [0.15, 0.2) is 0 Å². The summed E-state index contributed by atoms with van der Waals surface area (Å²) in [5.41, 5.74) is 0.870. The number of thiophene rings is 1. The lowest BCUT2D eigenvalue weighted by atomic mass is 10.2. The third kappa shape index (κ3) is 2.76. The van der Waals surface area contributed by atoms with E-state index in [2.05, 4.69) is 17.3 Å². The number of carbonyl (C=O) groups excluding carboxylic acids is 2. The van der Waals surface area contributed by atoms with Crippen molar-refractivity contribution in [2.75, 3.05) is 5.32 Å². The summed E-state index contributed by atoms with van der Waals surface area (Å²) in [7, 11) is 0. The second kappa shape index (κ2) is 5.44. The molecule has 1 atom stereocenters. The standard InChI is InChI=1S/C15H17N3O2S/c1-9-8-16-18(10(2)11-5-6-11)14(9)17-15(20)13(19)12-4-3-7-21-12/h3-4,7-8,10-11H,5-6H2,1-2H3,(H,17,20)/t10-/m0/s1. The zero-order chi connectivity index (χ0) is 15.0. The van der Waals surface area contributed by atoms with Gasteiger partial charge in [0.2, 0.25) is 0 Å². The van der Waals surface area contributed by atoms with E-state index in [9.17, 15) is 9.59 Å². The highest BCUT2D eigenvalue weighted by Gasteiger charge is 2.31. The number of aromatic nitrogens is 2. The van der Waals surface area contributed by atoms with E-state index in [-0.39, 0.29) is 6.04 Å². The van der Waals surface area contributed by atoms with Crippen LogP contribution >= 0.6 is 11.3 Å². The van der Waals surface area contributed by atoms with Crippen LogP contribution in [-0.2, 0) is 4.79 Å². The second-order valence-electron chi connectivity index (χ2n) is 5.46. The molecule has 6 heteroatoms. The molecule has 2 heterocycles. The maximum Gasteiger partial charge on any atom is 0.298 e. The molecule has 3 rings (SSSR count). The molecule has 2 aromatic heterocycles. The summed E-state index contributed by atoms with van der Waals surface area (Å²) in [6.07, 6.45) is 4.12. The molecule has 1 amide bonds. The molecule has 0 saturated heterocycles. The first kappa shape index (κ1) is 14.0. The summed E-state index contributed by atoms with van der Waals surface area (Å²) in [6, 6.07) is 3.66. The van der Waals surface area contributed by atoms with E-state index in [1.165, 1.54) is 24.2 Å². The highest BCUT2D eigenvalue weighted by molar-refractivity contribution is 7.13. The molecule has 0 spiro atoms. The van der Waals surface area contributed by atoms with Crippen molar-refractivity contribution in [3.63, 3.8) is 0 Å². The van der Waals surface area contributed by atoms with Crippen molar-refractivity contribution in [1.82, 2.24) is 9.78 Å². The number of nitrogens with one attached hydrogen (secondary N) is 1. The SMILES string of the molecule is Cc1cnn([C@@H](C)C2CC2)c1NC(=O)C(=O)c1cccs1. The fourth-order valence-electron chi connectivity index (χ4n) is 2.38. The van der Waals surface area contributed by atoms with E-state index in [1.54, 1.807) is 23.7 Å². The Morgan fingerprint density at radius 3 is 2.86 bits per heavy atom. The fourth-order valence-corrected chi connectivity index (χ4v) is 3.04. The van der Waals surface area contributed by atoms with Gasteiger partial charge >= 0.3 is 0 Å². The molecule has 1 aliphatic carbocycles. The van der Waals surface area contributed by atoms with Gasteiger partial charge in [-0.2, -0.15) is 5.10 Å². The lowest BCUT2D eigenvalue weighted by Crippen LogP contribution is -2.25. The van der Waals surface area contributed by atoms with E-state index in [1.807, 2.05) is 11.6 Å². The molecule has 0 bridgehead atoms. The molecule has 2 aromatic rings. The van der Waals surface area contributed by atoms with Crippen LogP contribution in [0.4, 0.5) is 5.82 Å². The first-order valence-electron chi connectivity index (χ1n) is 7.01. The van der Waals surface area contributed by atoms with Gasteiger partial charge in [-0.25, -0.2) is 4.68 Å². The first-order valence-corrected chi connectivity index (χ1v) is 7.89. The Morgan fingerprint density at radius 1 is 1.48 bits per heavy atom. The lowest BCUT2D eigenvalue weighted by molar-refractivity contribution is -0.112. The van der Waals surface area contributed by atoms with E-state index in [0.29, 0.717) is 16.6 Å². The van der Waals surface area contributed by atoms with Crippen molar-refractivity contribution >= 4 is 28.8 Å². The molecule has 0 aromatic carbocycles. The van der Waals surface area contributed by atoms with Crippen molar-refractivity contribution in [3.8, 4) is 0 Å². The number of ketones is 1. The lowest BCUT2D eigenvalue weighted by Gasteiger charge is -2.15. The van der Waals surface area contributed by atoms with Gasteiger partial charge in [-0.15, -0.1) is 11.3 Å². The highest BCUT2D eigenvalue weighted by atomic mass is 32.1. The summed E-state index contributed by atoms with van der Waals surface area (Å²) in [6.45, 7) is 3.98. The van der Waals surface area contributed by atoms with E-state index >= 15 is 0 Å². The fraction of sp³-hybridized carbons (Fsp3) is 0.400. The monoisotopic (exact) mass is 303 g/mol. The van der Waals surface area contributed by atoms with Gasteiger partial charge in [0, 0.05) is 5.56 Å². The summed E-state index contributed by atoms with van der Waals surface area (Å²) in [5.74, 6) is 0.138. The van der Waals surface area contributed by atoms with Crippen molar-refractivity contribution in [3.05, 3.63) is 34.2 Å². The Morgan fingerprint density at radius 2 is 2.24 bits per heavy atom. The third-order valence-corrected chi connectivity index (χ3v) is 4.72. The van der Waals surface area contributed by atoms with Gasteiger partial charge in [-0.3, -0.25) is 9.59 Å². The van der Waals surface area contributed by atoms with Crippen molar-refractivity contribution in [2.24, 2.45) is 5.92 Å². The van der Waals surface area contributed by atoms with Crippen LogP contribution in [0.1, 0.15) is 41.0 Å². The summed E-state index contributed by atoms with van der Waals surface area (Å²) in [5, 5.41) is 8.86. The molecule has 1 N–H and O–H groups in total. The predicted octanol–water partition coefficient (Wildman–Crippen LogP) is 3.05. The third-order valence-electron chi connectivity index (χ3n) is 3.85. The van der Waals surface area contributed by atoms with Gasteiger partial charge in [0.1, 0.15) is 5.82 Å². The smallest absolute Gasteiger partial charge is 0.298 e. The Balaban J connectivity index is 1.79. The highest BCUT2D eigenvalue weighted by Crippen LogP contribution is 2.40. The van der Waals surface area contributed by atoms with Gasteiger partial charge < -0.3 is 5.32 Å². The van der Waals surface area contributed by atoms with Gasteiger partial charge in [-0.05, 0) is 44.1 Å². The first-order chi connectivity index (χ1) is 10.1. The van der Waals surface area contributed by atoms with Crippen molar-refractivity contribution in [2.45, 2.75) is 32.7 Å². The number of Topliss-reactive ketones (excluding diaryl/α,β-unsaturated/α-hetero) is 1. The van der Waals surface area contributed by atoms with Gasteiger partial charge in [-0.1, -0.05) is 6.07 Å². The molecule has 1 aliphatic rings. The van der Waals surface area contributed by atoms with Gasteiger partial charge in [0.05, 0.1) is 17.1 Å². The quantitative estimate of drug-likeness (QED) is 0.682. The normalized spacial score (nSPS) is 15.7. The number of carbonyl (C=O) groups is 2. The van der Waals surface area contributed by atoms with Crippen LogP contribution in [-0.4, -0.2) is 21.5 Å². The largest absolute Gasteiger partial charge is 0.304 e. The van der Waals surface area contributed by atoms with E-state index in [0.717, 1.165) is 5.56 Å². The zero-order valence-electron chi connectivity index (χ0n) is 12.0. The van der Waals surface area contributed by atoms with Crippen LogP contribution in [0.15, 0.2) is 23.7 Å². The summed E-state index contributed by atoms with van der Waals surface area (Å²) in [4.78, 5) is 24.6. The number of nitrogens with zero attached hydrogens (tertiary/aromatic N) is 2. The van der Waals surface area contributed by atoms with Crippen LogP contribution in [0.3, 0.4) is 0 Å². The topological polar surface area (TPSA) is 64.0 Å². The Labute approximate surface area is 127 Å². The summed E-state index contributed by atoms with van der Waals surface area (Å²) >= 11 is 1.27. The number of rotatable bonds is 5.